The number of benzene rings is 2. The Morgan fingerprint density at radius 2 is 1.85 bits per heavy atom. The van der Waals surface area contributed by atoms with E-state index in [1.54, 1.807) is 12.7 Å². The van der Waals surface area contributed by atoms with Crippen molar-refractivity contribution in [2.75, 3.05) is 33.9 Å². The first-order chi connectivity index (χ1) is 12.7. The lowest BCUT2D eigenvalue weighted by atomic mass is 9.87. The summed E-state index contributed by atoms with van der Waals surface area (Å²) in [6.45, 7) is 4.94. The smallest absolute Gasteiger partial charge is 0.127 e. The molecule has 144 valence electrons. The third-order valence-electron chi connectivity index (χ3n) is 5.16. The van der Waals surface area contributed by atoms with Crippen LogP contribution in [0.3, 0.4) is 0 Å². The molecule has 2 aliphatic rings. The second-order valence-electron chi connectivity index (χ2n) is 6.81. The van der Waals surface area contributed by atoms with Crippen molar-refractivity contribution in [3.05, 3.63) is 53.1 Å². The van der Waals surface area contributed by atoms with Crippen molar-refractivity contribution in [2.45, 2.75) is 29.6 Å². The highest BCUT2D eigenvalue weighted by molar-refractivity contribution is 8.93. The fraction of sp³-hybridized carbons (Fsp3) is 0.364. The molecule has 0 atom stereocenters. The van der Waals surface area contributed by atoms with Crippen molar-refractivity contribution in [3.8, 4) is 11.5 Å². The number of hydrogen-bond acceptors (Lipinski definition) is 4. The van der Waals surface area contributed by atoms with Gasteiger partial charge in [0.25, 0.3) is 0 Å². The normalized spacial score (nSPS) is 16.3. The molecule has 1 fully saturated rings. The van der Waals surface area contributed by atoms with Gasteiger partial charge in [0.2, 0.25) is 0 Å². The summed E-state index contributed by atoms with van der Waals surface area (Å²) >= 11 is 1.82. The van der Waals surface area contributed by atoms with E-state index in [0.717, 1.165) is 37.4 Å². The Morgan fingerprint density at radius 1 is 1.07 bits per heavy atom. The van der Waals surface area contributed by atoms with E-state index < -0.39 is 0 Å². The average molecular weight is 448 g/mol. The molecule has 2 heterocycles. The van der Waals surface area contributed by atoms with E-state index in [0.29, 0.717) is 6.61 Å². The van der Waals surface area contributed by atoms with Gasteiger partial charge >= 0.3 is 0 Å². The molecule has 0 spiro atoms. The molecule has 1 saturated heterocycles. The zero-order valence-corrected chi connectivity index (χ0v) is 18.6. The van der Waals surface area contributed by atoms with Crippen molar-refractivity contribution in [3.63, 3.8) is 0 Å². The number of nitrogens with zero attached hydrogens (tertiary/aromatic N) is 1. The van der Waals surface area contributed by atoms with E-state index in [9.17, 15) is 0 Å². The molecule has 0 aliphatic carbocycles. The fourth-order valence-electron chi connectivity index (χ4n) is 3.82. The quantitative estimate of drug-likeness (QED) is 0.515. The second-order valence-corrected chi connectivity index (χ2v) is 7.89. The van der Waals surface area contributed by atoms with Crippen LogP contribution in [0.2, 0.25) is 0 Å². The number of methoxy groups -OCH3 is 1. The molecule has 2 aromatic rings. The van der Waals surface area contributed by atoms with Crippen molar-refractivity contribution < 1.29 is 9.47 Å². The first-order valence-corrected chi connectivity index (χ1v) is 10.1. The van der Waals surface area contributed by atoms with Gasteiger partial charge in [0.1, 0.15) is 11.5 Å². The number of piperidine rings is 1. The van der Waals surface area contributed by atoms with E-state index in [4.69, 9.17) is 9.47 Å². The number of fused-ring (bicyclic) bond motifs is 2. The predicted molar refractivity (Wildman–Crippen MR) is 118 cm³/mol. The first-order valence-electron chi connectivity index (χ1n) is 9.24. The summed E-state index contributed by atoms with van der Waals surface area (Å²) in [5.74, 6) is 1.91. The third-order valence-corrected chi connectivity index (χ3v) is 6.27. The van der Waals surface area contributed by atoms with Crippen molar-refractivity contribution >= 4 is 34.3 Å². The standard InChI is InChI=1S/C22H25NO2S.BrH/c1-4-25-16-8-9-17-20(14-16)26-19-7-5-6-18(24-3)22(19)21(17)15-10-12-23(2)13-11-15;/h5-9,14H,4,10-13H2,1-3H3;1H. The summed E-state index contributed by atoms with van der Waals surface area (Å²) in [6.07, 6.45) is 2.22. The summed E-state index contributed by atoms with van der Waals surface area (Å²) in [5.41, 5.74) is 5.49. The van der Waals surface area contributed by atoms with Gasteiger partial charge in [0, 0.05) is 28.4 Å². The van der Waals surface area contributed by atoms with Gasteiger partial charge in [-0.1, -0.05) is 23.4 Å². The van der Waals surface area contributed by atoms with Gasteiger partial charge in [-0.25, -0.2) is 0 Å². The predicted octanol–water partition coefficient (Wildman–Crippen LogP) is 5.66. The Bertz CT molecular complexity index is 855. The molecule has 5 heteroatoms. The largest absolute Gasteiger partial charge is 0.496 e. The number of likely N-dealkylation sites (tertiary alicyclic amines) is 1. The summed E-state index contributed by atoms with van der Waals surface area (Å²) in [6, 6.07) is 12.9. The minimum atomic E-state index is 0. The van der Waals surface area contributed by atoms with Crippen LogP contribution in [0.4, 0.5) is 0 Å². The Balaban J connectivity index is 0.00000210. The number of rotatable bonds is 3. The Morgan fingerprint density at radius 3 is 2.56 bits per heavy atom. The van der Waals surface area contributed by atoms with E-state index in [1.807, 2.05) is 18.7 Å². The lowest BCUT2D eigenvalue weighted by Gasteiger charge is -2.31. The molecule has 0 radical (unpaired) electrons. The zero-order valence-electron chi connectivity index (χ0n) is 16.1. The third kappa shape index (κ3) is 3.91. The molecule has 0 aromatic heterocycles. The Labute approximate surface area is 176 Å². The average Bonchev–Trinajstić information content (AvgIpc) is 2.66. The SMILES string of the molecule is Br.CCOc1ccc2c(c1)Sc1cccc(OC)c1C2=C1CCN(C)CC1. The fourth-order valence-corrected chi connectivity index (χ4v) is 4.96. The summed E-state index contributed by atoms with van der Waals surface area (Å²) in [5, 5.41) is 0. The Hall–Kier alpha value is -1.43. The van der Waals surface area contributed by atoms with Crippen LogP contribution in [-0.4, -0.2) is 38.8 Å². The van der Waals surface area contributed by atoms with Crippen molar-refractivity contribution in [1.82, 2.24) is 4.90 Å². The van der Waals surface area contributed by atoms with Gasteiger partial charge < -0.3 is 14.4 Å². The molecule has 0 bridgehead atoms. The number of ether oxygens (including phenoxy) is 2. The molecule has 0 amide bonds. The topological polar surface area (TPSA) is 21.7 Å². The highest BCUT2D eigenvalue weighted by Gasteiger charge is 2.28. The van der Waals surface area contributed by atoms with Crippen LogP contribution in [-0.2, 0) is 0 Å². The first kappa shape index (κ1) is 20.3. The van der Waals surface area contributed by atoms with Crippen LogP contribution in [0.25, 0.3) is 5.57 Å². The van der Waals surface area contributed by atoms with Crippen LogP contribution in [0.15, 0.2) is 51.8 Å². The molecule has 0 N–H and O–H groups in total. The molecule has 27 heavy (non-hydrogen) atoms. The van der Waals surface area contributed by atoms with Gasteiger partial charge in [-0.15, -0.1) is 17.0 Å². The van der Waals surface area contributed by atoms with Crippen LogP contribution in [0.5, 0.6) is 11.5 Å². The van der Waals surface area contributed by atoms with E-state index in [2.05, 4.69) is 48.3 Å². The van der Waals surface area contributed by atoms with Crippen LogP contribution in [0, 0.1) is 0 Å². The molecule has 2 aromatic carbocycles. The molecule has 0 saturated carbocycles. The van der Waals surface area contributed by atoms with Gasteiger partial charge in [0.05, 0.1) is 13.7 Å². The molecular formula is C22H26BrNO2S. The van der Waals surface area contributed by atoms with E-state index in [1.165, 1.54) is 26.5 Å². The molecular weight excluding hydrogens is 422 g/mol. The summed E-state index contributed by atoms with van der Waals surface area (Å²) in [4.78, 5) is 4.95. The minimum Gasteiger partial charge on any atom is -0.496 e. The maximum atomic E-state index is 5.75. The zero-order chi connectivity index (χ0) is 18.1. The number of hydrogen-bond donors (Lipinski definition) is 0. The van der Waals surface area contributed by atoms with Crippen LogP contribution >= 0.6 is 28.7 Å². The van der Waals surface area contributed by atoms with Crippen LogP contribution in [0.1, 0.15) is 30.9 Å². The lowest BCUT2D eigenvalue weighted by Crippen LogP contribution is -2.27. The van der Waals surface area contributed by atoms with E-state index in [-0.39, 0.29) is 17.0 Å². The molecule has 4 rings (SSSR count). The molecule has 0 unspecified atom stereocenters. The van der Waals surface area contributed by atoms with E-state index >= 15 is 0 Å². The molecule has 3 nitrogen and oxygen atoms in total. The van der Waals surface area contributed by atoms with Gasteiger partial charge in [0.15, 0.2) is 0 Å². The van der Waals surface area contributed by atoms with Gasteiger partial charge in [-0.05, 0) is 68.3 Å². The van der Waals surface area contributed by atoms with Crippen molar-refractivity contribution in [2.24, 2.45) is 0 Å². The summed E-state index contributed by atoms with van der Waals surface area (Å²) < 4.78 is 11.5. The highest BCUT2D eigenvalue weighted by atomic mass is 79.9. The number of halogens is 1. The highest BCUT2D eigenvalue weighted by Crippen LogP contribution is 2.51. The van der Waals surface area contributed by atoms with Gasteiger partial charge in [-0.2, -0.15) is 0 Å². The minimum absolute atomic E-state index is 0. The van der Waals surface area contributed by atoms with Gasteiger partial charge in [-0.3, -0.25) is 0 Å². The summed E-state index contributed by atoms with van der Waals surface area (Å²) in [7, 11) is 3.97. The maximum Gasteiger partial charge on any atom is 0.127 e. The second kappa shape index (κ2) is 8.72. The monoisotopic (exact) mass is 447 g/mol. The van der Waals surface area contributed by atoms with Crippen LogP contribution < -0.4 is 9.47 Å². The van der Waals surface area contributed by atoms with Crippen molar-refractivity contribution in [1.29, 1.82) is 0 Å². The Kier molecular flexibility index (Phi) is 6.56. The lowest BCUT2D eigenvalue weighted by molar-refractivity contribution is 0.313. The maximum absolute atomic E-state index is 5.75. The molecule has 2 aliphatic heterocycles.